The second kappa shape index (κ2) is 6.56. The largest absolute Gasteiger partial charge is 0.492 e. The molecule has 0 amide bonds. The van der Waals surface area contributed by atoms with Crippen LogP contribution in [0.5, 0.6) is 5.75 Å². The molecule has 5 nitrogen and oxygen atoms in total. The first kappa shape index (κ1) is 15.5. The summed E-state index contributed by atoms with van der Waals surface area (Å²) in [6.45, 7) is 5.27. The predicted octanol–water partition coefficient (Wildman–Crippen LogP) is 2.01. The van der Waals surface area contributed by atoms with Gasteiger partial charge in [-0.15, -0.1) is 0 Å². The van der Waals surface area contributed by atoms with E-state index in [0.29, 0.717) is 17.0 Å². The Balaban J connectivity index is 2.84. The average molecular weight is 285 g/mol. The Morgan fingerprint density at radius 3 is 2.68 bits per heavy atom. The third-order valence-electron chi connectivity index (χ3n) is 2.77. The Bertz CT molecular complexity index is 564. The average Bonchev–Trinajstić information content (AvgIpc) is 2.39. The summed E-state index contributed by atoms with van der Waals surface area (Å²) in [6.07, 6.45) is 0. The summed E-state index contributed by atoms with van der Waals surface area (Å²) < 4.78 is 28.2. The van der Waals surface area contributed by atoms with Crippen LogP contribution in [0.4, 0.5) is 0 Å². The minimum absolute atomic E-state index is 0.0217. The smallest absolute Gasteiger partial charge is 0.153 e. The van der Waals surface area contributed by atoms with Gasteiger partial charge in [0.05, 0.1) is 11.5 Å². The van der Waals surface area contributed by atoms with Crippen molar-refractivity contribution in [1.29, 1.82) is 0 Å². The summed E-state index contributed by atoms with van der Waals surface area (Å²) in [5, 5.41) is 12.0. The lowest BCUT2D eigenvalue weighted by molar-refractivity contribution is 0.317. The molecule has 0 aromatic heterocycles. The number of rotatable bonds is 6. The first-order chi connectivity index (χ1) is 8.89. The van der Waals surface area contributed by atoms with Crippen molar-refractivity contribution >= 4 is 15.5 Å². The number of sulfone groups is 1. The molecule has 0 heterocycles. The van der Waals surface area contributed by atoms with E-state index < -0.39 is 9.84 Å². The van der Waals surface area contributed by atoms with E-state index in [-0.39, 0.29) is 18.1 Å². The number of benzene rings is 1. The van der Waals surface area contributed by atoms with Gasteiger partial charge in [-0.05, 0) is 26.0 Å². The van der Waals surface area contributed by atoms with Crippen LogP contribution in [-0.4, -0.2) is 37.4 Å². The quantitative estimate of drug-likeness (QED) is 0.493. The van der Waals surface area contributed by atoms with Crippen LogP contribution >= 0.6 is 0 Å². The molecule has 1 rings (SSSR count). The molecule has 1 aromatic rings. The van der Waals surface area contributed by atoms with Crippen molar-refractivity contribution in [3.05, 3.63) is 29.3 Å². The van der Waals surface area contributed by atoms with E-state index in [4.69, 9.17) is 9.94 Å². The first-order valence-electron chi connectivity index (χ1n) is 6.02. The maximum Gasteiger partial charge on any atom is 0.153 e. The predicted molar refractivity (Wildman–Crippen MR) is 75.0 cm³/mol. The highest BCUT2D eigenvalue weighted by atomic mass is 32.2. The summed E-state index contributed by atoms with van der Waals surface area (Å²) in [7, 11) is -3.04. The number of oxime groups is 1. The molecule has 1 N–H and O–H groups in total. The van der Waals surface area contributed by atoms with Gasteiger partial charge in [-0.2, -0.15) is 0 Å². The molecule has 0 fully saturated rings. The second-order valence-corrected chi connectivity index (χ2v) is 6.74. The van der Waals surface area contributed by atoms with Gasteiger partial charge >= 0.3 is 0 Å². The molecule has 1 aromatic carbocycles. The van der Waals surface area contributed by atoms with E-state index in [2.05, 4.69) is 5.16 Å². The van der Waals surface area contributed by atoms with Crippen LogP contribution in [0.3, 0.4) is 0 Å². The summed E-state index contributed by atoms with van der Waals surface area (Å²) in [4.78, 5) is 0. The Kier molecular flexibility index (Phi) is 5.35. The third kappa shape index (κ3) is 4.55. The normalized spacial score (nSPS) is 12.5. The number of aryl methyl sites for hydroxylation is 1. The fourth-order valence-corrected chi connectivity index (χ4v) is 2.16. The van der Waals surface area contributed by atoms with Crippen molar-refractivity contribution in [2.24, 2.45) is 5.16 Å². The summed E-state index contributed by atoms with van der Waals surface area (Å²) >= 11 is 0. The highest BCUT2D eigenvalue weighted by Crippen LogP contribution is 2.21. The summed E-state index contributed by atoms with van der Waals surface area (Å²) in [5.41, 5.74) is 2.10. The maximum atomic E-state index is 11.4. The molecule has 0 saturated heterocycles. The SMILES string of the molecule is CCS(=O)(=O)CCOc1ccc(C)cc1/C(C)=N/O. The molecule has 19 heavy (non-hydrogen) atoms. The molecule has 0 bridgehead atoms. The molecule has 0 aliphatic rings. The van der Waals surface area contributed by atoms with Gasteiger partial charge in [0, 0.05) is 11.3 Å². The fraction of sp³-hybridized carbons (Fsp3) is 0.462. The summed E-state index contributed by atoms with van der Waals surface area (Å²) in [5.74, 6) is 0.604. The Hall–Kier alpha value is -1.56. The highest BCUT2D eigenvalue weighted by molar-refractivity contribution is 7.91. The van der Waals surface area contributed by atoms with Crippen molar-refractivity contribution in [2.75, 3.05) is 18.1 Å². The zero-order valence-electron chi connectivity index (χ0n) is 11.4. The monoisotopic (exact) mass is 285 g/mol. The zero-order valence-corrected chi connectivity index (χ0v) is 12.2. The van der Waals surface area contributed by atoms with Crippen LogP contribution in [0.15, 0.2) is 23.4 Å². The molecule has 0 aliphatic heterocycles. The maximum absolute atomic E-state index is 11.4. The van der Waals surface area contributed by atoms with Crippen molar-refractivity contribution < 1.29 is 18.4 Å². The summed E-state index contributed by atoms with van der Waals surface area (Å²) in [6, 6.07) is 5.44. The van der Waals surface area contributed by atoms with Gasteiger partial charge in [-0.25, -0.2) is 8.42 Å². The number of hydrogen-bond acceptors (Lipinski definition) is 5. The van der Waals surface area contributed by atoms with Crippen LogP contribution < -0.4 is 4.74 Å². The molecule has 0 spiro atoms. The fourth-order valence-electron chi connectivity index (χ4n) is 1.53. The van der Waals surface area contributed by atoms with E-state index in [1.54, 1.807) is 19.9 Å². The highest BCUT2D eigenvalue weighted by Gasteiger charge is 2.11. The lowest BCUT2D eigenvalue weighted by Gasteiger charge is -2.11. The second-order valence-electron chi connectivity index (χ2n) is 4.27. The van der Waals surface area contributed by atoms with E-state index in [9.17, 15) is 8.42 Å². The van der Waals surface area contributed by atoms with Gasteiger partial charge in [0.15, 0.2) is 9.84 Å². The zero-order chi connectivity index (χ0) is 14.5. The topological polar surface area (TPSA) is 76.0 Å². The van der Waals surface area contributed by atoms with Crippen LogP contribution in [-0.2, 0) is 9.84 Å². The minimum atomic E-state index is -3.04. The Morgan fingerprint density at radius 2 is 2.11 bits per heavy atom. The number of hydrogen-bond donors (Lipinski definition) is 1. The number of ether oxygens (including phenoxy) is 1. The molecule has 0 radical (unpaired) electrons. The van der Waals surface area contributed by atoms with Crippen molar-refractivity contribution in [1.82, 2.24) is 0 Å². The van der Waals surface area contributed by atoms with Crippen molar-refractivity contribution in [3.63, 3.8) is 0 Å². The molecular formula is C13H19NO4S. The molecular weight excluding hydrogens is 266 g/mol. The minimum Gasteiger partial charge on any atom is -0.492 e. The molecule has 0 saturated carbocycles. The van der Waals surface area contributed by atoms with Gasteiger partial charge in [-0.3, -0.25) is 0 Å². The standard InChI is InChI=1S/C13H19NO4S/c1-4-19(16,17)8-7-18-13-6-5-10(2)9-12(13)11(3)14-15/h5-6,9,15H,4,7-8H2,1-3H3/b14-11+. The molecule has 0 atom stereocenters. The van der Waals surface area contributed by atoms with E-state index in [1.165, 1.54) is 0 Å². The van der Waals surface area contributed by atoms with E-state index >= 15 is 0 Å². The first-order valence-corrected chi connectivity index (χ1v) is 7.84. The van der Waals surface area contributed by atoms with Gasteiger partial charge in [0.2, 0.25) is 0 Å². The lowest BCUT2D eigenvalue weighted by Crippen LogP contribution is -2.16. The van der Waals surface area contributed by atoms with E-state index in [1.807, 2.05) is 19.1 Å². The van der Waals surface area contributed by atoms with E-state index in [0.717, 1.165) is 5.56 Å². The Labute approximate surface area is 113 Å². The van der Waals surface area contributed by atoms with Crippen LogP contribution in [0.1, 0.15) is 25.0 Å². The van der Waals surface area contributed by atoms with Crippen LogP contribution in [0, 0.1) is 6.92 Å². The molecule has 6 heteroatoms. The van der Waals surface area contributed by atoms with Gasteiger partial charge < -0.3 is 9.94 Å². The van der Waals surface area contributed by atoms with Crippen molar-refractivity contribution in [3.8, 4) is 5.75 Å². The van der Waals surface area contributed by atoms with Crippen LogP contribution in [0.2, 0.25) is 0 Å². The third-order valence-corrected chi connectivity index (χ3v) is 4.43. The Morgan fingerprint density at radius 1 is 1.42 bits per heavy atom. The van der Waals surface area contributed by atoms with Gasteiger partial charge in [-0.1, -0.05) is 23.7 Å². The molecule has 106 valence electrons. The van der Waals surface area contributed by atoms with Crippen molar-refractivity contribution in [2.45, 2.75) is 20.8 Å². The van der Waals surface area contributed by atoms with Gasteiger partial charge in [0.25, 0.3) is 0 Å². The lowest BCUT2D eigenvalue weighted by atomic mass is 10.1. The van der Waals surface area contributed by atoms with Gasteiger partial charge in [0.1, 0.15) is 12.4 Å². The number of nitrogens with zero attached hydrogens (tertiary/aromatic N) is 1. The van der Waals surface area contributed by atoms with Crippen LogP contribution in [0.25, 0.3) is 0 Å². The molecule has 0 unspecified atom stereocenters. The molecule has 0 aliphatic carbocycles.